The molecular weight excluding hydrogens is 316 g/mol. The van der Waals surface area contributed by atoms with Gasteiger partial charge in [0.1, 0.15) is 17.6 Å². The zero-order valence-electron chi connectivity index (χ0n) is 14.8. The number of carbonyl (C=O) groups is 1. The van der Waals surface area contributed by atoms with Crippen molar-refractivity contribution in [3.8, 4) is 11.8 Å². The Morgan fingerprint density at radius 2 is 2.08 bits per heavy atom. The Morgan fingerprint density at radius 3 is 2.80 bits per heavy atom. The molecule has 0 spiro atoms. The van der Waals surface area contributed by atoms with Gasteiger partial charge in [0.05, 0.1) is 17.8 Å². The fraction of sp³-hybridized carbons (Fsp3) is 0.421. The highest BCUT2D eigenvalue weighted by Crippen LogP contribution is 2.23. The summed E-state index contributed by atoms with van der Waals surface area (Å²) in [6, 6.07) is 9.12. The van der Waals surface area contributed by atoms with Crippen LogP contribution < -0.4 is 4.74 Å². The van der Waals surface area contributed by atoms with Crippen LogP contribution in [-0.4, -0.2) is 33.0 Å². The second-order valence-corrected chi connectivity index (χ2v) is 6.64. The minimum atomic E-state index is -0.628. The summed E-state index contributed by atoms with van der Waals surface area (Å²) in [5, 5.41) is 9.23. The lowest BCUT2D eigenvalue weighted by atomic mass is 10.1. The summed E-state index contributed by atoms with van der Waals surface area (Å²) < 4.78 is 8.06. The highest BCUT2D eigenvalue weighted by molar-refractivity contribution is 5.81. The molecular formula is C19H22N4O2. The van der Waals surface area contributed by atoms with E-state index in [1.807, 2.05) is 27.0 Å². The molecule has 1 atom stereocenters. The predicted molar refractivity (Wildman–Crippen MR) is 92.8 cm³/mol. The van der Waals surface area contributed by atoms with Gasteiger partial charge >= 0.3 is 0 Å². The van der Waals surface area contributed by atoms with E-state index in [9.17, 15) is 10.1 Å². The number of imidazole rings is 1. The van der Waals surface area contributed by atoms with Crippen LogP contribution in [0.3, 0.4) is 0 Å². The van der Waals surface area contributed by atoms with Gasteiger partial charge in [0.25, 0.3) is 5.91 Å². The Bertz CT molecular complexity index is 819. The number of nitrogens with zero attached hydrogens (tertiary/aromatic N) is 4. The monoisotopic (exact) mass is 338 g/mol. The molecule has 6 heteroatoms. The fourth-order valence-electron chi connectivity index (χ4n) is 3.03. The first kappa shape index (κ1) is 17.0. The molecule has 0 bridgehead atoms. The van der Waals surface area contributed by atoms with Crippen molar-refractivity contribution in [1.29, 1.82) is 5.26 Å². The summed E-state index contributed by atoms with van der Waals surface area (Å²) in [7, 11) is 0. The lowest BCUT2D eigenvalue weighted by Crippen LogP contribution is -2.47. The zero-order valence-corrected chi connectivity index (χ0v) is 14.8. The van der Waals surface area contributed by atoms with Gasteiger partial charge in [0.15, 0.2) is 6.10 Å². The number of rotatable bonds is 4. The molecule has 2 aromatic rings. The van der Waals surface area contributed by atoms with E-state index >= 15 is 0 Å². The van der Waals surface area contributed by atoms with Crippen LogP contribution in [-0.2, 0) is 17.9 Å². The van der Waals surface area contributed by atoms with Gasteiger partial charge < -0.3 is 14.2 Å². The van der Waals surface area contributed by atoms with Gasteiger partial charge in [0.2, 0.25) is 0 Å². The first-order valence-electron chi connectivity index (χ1n) is 8.47. The number of amides is 1. The summed E-state index contributed by atoms with van der Waals surface area (Å²) in [6.07, 6.45) is 1.38. The maximum atomic E-state index is 13.0. The summed E-state index contributed by atoms with van der Waals surface area (Å²) in [4.78, 5) is 19.3. The van der Waals surface area contributed by atoms with Crippen LogP contribution in [0.15, 0.2) is 30.5 Å². The van der Waals surface area contributed by atoms with E-state index < -0.39 is 6.10 Å². The SMILES string of the molecule is Cc1cn2c(n1)CN(C(=O)C(Oc1ccccc1C#N)C(C)C)CC2. The molecule has 0 radical (unpaired) electrons. The van der Waals surface area contributed by atoms with E-state index in [0.29, 0.717) is 24.4 Å². The van der Waals surface area contributed by atoms with Gasteiger partial charge in [-0.25, -0.2) is 4.98 Å². The number of nitriles is 1. The first-order chi connectivity index (χ1) is 12.0. The van der Waals surface area contributed by atoms with Crippen molar-refractivity contribution in [2.45, 2.75) is 40.0 Å². The van der Waals surface area contributed by atoms with Gasteiger partial charge in [-0.3, -0.25) is 4.79 Å². The molecule has 1 unspecified atom stereocenters. The second kappa shape index (κ2) is 6.98. The molecule has 0 saturated carbocycles. The van der Waals surface area contributed by atoms with Crippen LogP contribution in [0, 0.1) is 24.2 Å². The molecule has 1 aliphatic rings. The van der Waals surface area contributed by atoms with Crippen molar-refractivity contribution in [3.63, 3.8) is 0 Å². The van der Waals surface area contributed by atoms with Crippen LogP contribution in [0.5, 0.6) is 5.75 Å². The normalized spacial score (nSPS) is 14.8. The highest BCUT2D eigenvalue weighted by atomic mass is 16.5. The smallest absolute Gasteiger partial charge is 0.264 e. The predicted octanol–water partition coefficient (Wildman–Crippen LogP) is 2.51. The minimum Gasteiger partial charge on any atom is -0.479 e. The standard InChI is InChI=1S/C19H22N4O2/c1-13(2)18(25-16-7-5-4-6-15(16)10-20)19(24)23-9-8-22-11-14(3)21-17(22)12-23/h4-7,11,13,18H,8-9,12H2,1-3H3. The fourth-order valence-corrected chi connectivity index (χ4v) is 3.03. The molecule has 1 aromatic heterocycles. The molecule has 0 fully saturated rings. The average Bonchev–Trinajstić information content (AvgIpc) is 2.98. The Hall–Kier alpha value is -2.81. The zero-order chi connectivity index (χ0) is 18.0. The summed E-state index contributed by atoms with van der Waals surface area (Å²) >= 11 is 0. The van der Waals surface area contributed by atoms with Crippen LogP contribution in [0.2, 0.25) is 0 Å². The largest absolute Gasteiger partial charge is 0.479 e. The molecule has 1 aromatic carbocycles. The Labute approximate surface area is 147 Å². The summed E-state index contributed by atoms with van der Waals surface area (Å²) in [6.45, 7) is 7.71. The van der Waals surface area contributed by atoms with E-state index in [0.717, 1.165) is 18.1 Å². The number of hydrogen-bond donors (Lipinski definition) is 0. The van der Waals surface area contributed by atoms with Crippen molar-refractivity contribution >= 4 is 5.91 Å². The lowest BCUT2D eigenvalue weighted by molar-refractivity contribution is -0.142. The van der Waals surface area contributed by atoms with E-state index in [2.05, 4.69) is 15.6 Å². The van der Waals surface area contributed by atoms with Crippen molar-refractivity contribution in [2.24, 2.45) is 5.92 Å². The number of carbonyl (C=O) groups excluding carboxylic acids is 1. The molecule has 2 heterocycles. The van der Waals surface area contributed by atoms with Gasteiger partial charge in [-0.2, -0.15) is 5.26 Å². The van der Waals surface area contributed by atoms with Crippen molar-refractivity contribution < 1.29 is 9.53 Å². The molecule has 1 aliphatic heterocycles. The maximum Gasteiger partial charge on any atom is 0.264 e. The average molecular weight is 338 g/mol. The molecule has 130 valence electrons. The third-order valence-electron chi connectivity index (χ3n) is 4.34. The number of fused-ring (bicyclic) bond motifs is 1. The summed E-state index contributed by atoms with van der Waals surface area (Å²) in [5.41, 5.74) is 1.40. The van der Waals surface area contributed by atoms with E-state index in [1.54, 1.807) is 29.2 Å². The van der Waals surface area contributed by atoms with Crippen molar-refractivity contribution in [1.82, 2.24) is 14.5 Å². The Balaban J connectivity index is 1.79. The van der Waals surface area contributed by atoms with E-state index in [1.165, 1.54) is 0 Å². The number of ether oxygens (including phenoxy) is 1. The molecule has 0 saturated heterocycles. The molecule has 1 amide bonds. The second-order valence-electron chi connectivity index (χ2n) is 6.64. The number of benzene rings is 1. The van der Waals surface area contributed by atoms with Gasteiger partial charge in [-0.05, 0) is 25.0 Å². The lowest BCUT2D eigenvalue weighted by Gasteiger charge is -2.32. The van der Waals surface area contributed by atoms with Crippen LogP contribution in [0.4, 0.5) is 0 Å². The van der Waals surface area contributed by atoms with Crippen LogP contribution in [0.25, 0.3) is 0 Å². The molecule has 25 heavy (non-hydrogen) atoms. The molecule has 0 aliphatic carbocycles. The number of aromatic nitrogens is 2. The summed E-state index contributed by atoms with van der Waals surface area (Å²) in [5.74, 6) is 1.28. The van der Waals surface area contributed by atoms with E-state index in [-0.39, 0.29) is 11.8 Å². The Kier molecular flexibility index (Phi) is 4.75. The van der Waals surface area contributed by atoms with E-state index in [4.69, 9.17) is 4.74 Å². The maximum absolute atomic E-state index is 13.0. The molecule has 3 rings (SSSR count). The number of aryl methyl sites for hydroxylation is 1. The third kappa shape index (κ3) is 3.50. The first-order valence-corrected chi connectivity index (χ1v) is 8.47. The van der Waals surface area contributed by atoms with Gasteiger partial charge in [0, 0.05) is 19.3 Å². The third-order valence-corrected chi connectivity index (χ3v) is 4.34. The van der Waals surface area contributed by atoms with Crippen molar-refractivity contribution in [2.75, 3.05) is 6.54 Å². The van der Waals surface area contributed by atoms with Crippen molar-refractivity contribution in [3.05, 3.63) is 47.5 Å². The number of para-hydroxylation sites is 1. The minimum absolute atomic E-state index is 0.0114. The van der Waals surface area contributed by atoms with Crippen LogP contribution in [0.1, 0.15) is 30.9 Å². The van der Waals surface area contributed by atoms with Crippen LogP contribution >= 0.6 is 0 Å². The highest BCUT2D eigenvalue weighted by Gasteiger charge is 2.32. The quantitative estimate of drug-likeness (QED) is 0.859. The van der Waals surface area contributed by atoms with Gasteiger partial charge in [-0.15, -0.1) is 0 Å². The topological polar surface area (TPSA) is 71.2 Å². The van der Waals surface area contributed by atoms with Gasteiger partial charge in [-0.1, -0.05) is 26.0 Å². The molecule has 6 nitrogen and oxygen atoms in total. The number of hydrogen-bond acceptors (Lipinski definition) is 4. The Morgan fingerprint density at radius 1 is 1.32 bits per heavy atom. The molecule has 0 N–H and O–H groups in total.